The number of carbonyl (C=O) groups is 1. The Kier molecular flexibility index (Phi) is 2.41. The molecule has 0 saturated heterocycles. The average Bonchev–Trinajstić information content (AvgIpc) is 2.87. The van der Waals surface area contributed by atoms with Crippen molar-refractivity contribution < 1.29 is 4.79 Å². The lowest BCUT2D eigenvalue weighted by Gasteiger charge is -2.17. The van der Waals surface area contributed by atoms with Crippen molar-refractivity contribution in [2.24, 2.45) is 7.05 Å². The summed E-state index contributed by atoms with van der Waals surface area (Å²) in [6, 6.07) is 15.1. The van der Waals surface area contributed by atoms with Gasteiger partial charge in [-0.15, -0.1) is 5.10 Å². The third-order valence-electron chi connectivity index (χ3n) is 3.68. The Morgan fingerprint density at radius 2 is 1.62 bits per heavy atom. The Bertz CT molecular complexity index is 866. The van der Waals surface area contributed by atoms with E-state index in [1.54, 1.807) is 4.68 Å². The van der Waals surface area contributed by atoms with Gasteiger partial charge in [0.15, 0.2) is 0 Å². The first-order valence-electron chi connectivity index (χ1n) is 6.65. The normalized spacial score (nSPS) is 12.5. The molecule has 0 unspecified atom stereocenters. The molecule has 0 atom stereocenters. The van der Waals surface area contributed by atoms with Crippen LogP contribution in [0, 0.1) is 0 Å². The standard InChI is InChI=1S/C16H12N4O/c1-20-15-10-6-2-3-7-11(10)16(21)17-13-9-5-4-8-12(13)14(15)18-19-20/h2-9H,1H3,(H,17,21). The minimum absolute atomic E-state index is 0.120. The van der Waals surface area contributed by atoms with Gasteiger partial charge in [-0.3, -0.25) is 4.79 Å². The van der Waals surface area contributed by atoms with E-state index in [1.165, 1.54) is 0 Å². The van der Waals surface area contributed by atoms with Crippen LogP contribution in [0.3, 0.4) is 0 Å². The Labute approximate surface area is 121 Å². The molecule has 0 bridgehead atoms. The number of rotatable bonds is 0. The Morgan fingerprint density at radius 1 is 0.952 bits per heavy atom. The number of amides is 1. The quantitative estimate of drug-likeness (QED) is 0.686. The largest absolute Gasteiger partial charge is 0.321 e. The summed E-state index contributed by atoms with van der Waals surface area (Å²) in [6.07, 6.45) is 0. The van der Waals surface area contributed by atoms with E-state index in [2.05, 4.69) is 15.6 Å². The van der Waals surface area contributed by atoms with Gasteiger partial charge in [0.05, 0.1) is 11.4 Å². The second-order valence-corrected chi connectivity index (χ2v) is 4.96. The minimum atomic E-state index is -0.120. The second-order valence-electron chi connectivity index (χ2n) is 4.96. The molecule has 21 heavy (non-hydrogen) atoms. The summed E-state index contributed by atoms with van der Waals surface area (Å²) in [6.45, 7) is 0. The van der Waals surface area contributed by atoms with Gasteiger partial charge in [-0.25, -0.2) is 4.68 Å². The molecule has 0 aliphatic carbocycles. The molecule has 1 aliphatic rings. The third kappa shape index (κ3) is 1.67. The fraction of sp³-hybridized carbons (Fsp3) is 0.0625. The Morgan fingerprint density at radius 3 is 2.43 bits per heavy atom. The monoisotopic (exact) mass is 276 g/mol. The molecule has 2 aromatic carbocycles. The number of hydrogen-bond donors (Lipinski definition) is 1. The van der Waals surface area contributed by atoms with E-state index in [1.807, 2.05) is 55.6 Å². The van der Waals surface area contributed by atoms with Gasteiger partial charge in [-0.1, -0.05) is 41.6 Å². The molecule has 1 N–H and O–H groups in total. The smallest absolute Gasteiger partial charge is 0.256 e. The molecule has 2 heterocycles. The lowest BCUT2D eigenvalue weighted by Crippen LogP contribution is -2.16. The van der Waals surface area contributed by atoms with Crippen molar-refractivity contribution in [2.75, 3.05) is 5.32 Å². The number of hydrogen-bond acceptors (Lipinski definition) is 3. The molecule has 1 amide bonds. The van der Waals surface area contributed by atoms with Gasteiger partial charge in [0.2, 0.25) is 0 Å². The number of anilines is 1. The van der Waals surface area contributed by atoms with Gasteiger partial charge >= 0.3 is 0 Å². The lowest BCUT2D eigenvalue weighted by atomic mass is 9.96. The first-order chi connectivity index (χ1) is 10.3. The van der Waals surface area contributed by atoms with Gasteiger partial charge < -0.3 is 5.32 Å². The van der Waals surface area contributed by atoms with Crippen LogP contribution in [0.4, 0.5) is 5.69 Å². The van der Waals surface area contributed by atoms with E-state index < -0.39 is 0 Å². The first kappa shape index (κ1) is 11.8. The lowest BCUT2D eigenvalue weighted by molar-refractivity contribution is 0.102. The van der Waals surface area contributed by atoms with E-state index in [0.29, 0.717) is 5.56 Å². The highest BCUT2D eigenvalue weighted by molar-refractivity contribution is 6.12. The molecule has 0 spiro atoms. The average molecular weight is 276 g/mol. The van der Waals surface area contributed by atoms with Gasteiger partial charge in [0.25, 0.3) is 5.91 Å². The highest BCUT2D eigenvalue weighted by atomic mass is 16.1. The van der Waals surface area contributed by atoms with E-state index in [9.17, 15) is 4.79 Å². The van der Waals surface area contributed by atoms with Crippen LogP contribution in [0.1, 0.15) is 10.4 Å². The zero-order valence-electron chi connectivity index (χ0n) is 11.4. The van der Waals surface area contributed by atoms with Gasteiger partial charge in [-0.2, -0.15) is 0 Å². The Hall–Kier alpha value is -2.95. The van der Waals surface area contributed by atoms with Crippen molar-refractivity contribution in [1.82, 2.24) is 15.0 Å². The number of carbonyl (C=O) groups excluding carboxylic acids is 1. The fourth-order valence-corrected chi connectivity index (χ4v) is 2.72. The van der Waals surface area contributed by atoms with Crippen LogP contribution in [0.25, 0.3) is 22.5 Å². The fourth-order valence-electron chi connectivity index (χ4n) is 2.72. The summed E-state index contributed by atoms with van der Waals surface area (Å²) in [5.41, 5.74) is 4.72. The van der Waals surface area contributed by atoms with Crippen molar-refractivity contribution in [3.8, 4) is 22.5 Å². The van der Waals surface area contributed by atoms with Crippen LogP contribution in [-0.2, 0) is 7.05 Å². The van der Waals surface area contributed by atoms with Crippen LogP contribution in [-0.4, -0.2) is 20.9 Å². The number of aryl methyl sites for hydroxylation is 1. The first-order valence-corrected chi connectivity index (χ1v) is 6.65. The molecule has 1 aromatic heterocycles. The Balaban J connectivity index is 2.13. The molecule has 102 valence electrons. The van der Waals surface area contributed by atoms with Crippen molar-refractivity contribution in [2.45, 2.75) is 0 Å². The molecule has 4 rings (SSSR count). The summed E-state index contributed by atoms with van der Waals surface area (Å²) in [4.78, 5) is 12.5. The van der Waals surface area contributed by atoms with E-state index in [4.69, 9.17) is 0 Å². The zero-order valence-corrected chi connectivity index (χ0v) is 11.4. The number of aromatic nitrogens is 3. The topological polar surface area (TPSA) is 59.8 Å². The van der Waals surface area contributed by atoms with Crippen molar-refractivity contribution in [3.63, 3.8) is 0 Å². The highest BCUT2D eigenvalue weighted by Crippen LogP contribution is 2.37. The van der Waals surface area contributed by atoms with E-state index in [-0.39, 0.29) is 5.91 Å². The molecule has 1 aliphatic heterocycles. The van der Waals surface area contributed by atoms with Gasteiger partial charge in [-0.05, 0) is 12.1 Å². The van der Waals surface area contributed by atoms with Crippen molar-refractivity contribution >= 4 is 11.6 Å². The number of fused-ring (bicyclic) bond motifs is 5. The minimum Gasteiger partial charge on any atom is -0.321 e. The number of nitrogens with one attached hydrogen (secondary N) is 1. The molecular weight excluding hydrogens is 264 g/mol. The molecule has 5 nitrogen and oxygen atoms in total. The van der Waals surface area contributed by atoms with Gasteiger partial charge in [0, 0.05) is 23.7 Å². The van der Waals surface area contributed by atoms with Crippen LogP contribution in [0.2, 0.25) is 0 Å². The summed E-state index contributed by atoms with van der Waals surface area (Å²) in [5.74, 6) is -0.120. The second kappa shape index (κ2) is 4.28. The summed E-state index contributed by atoms with van der Waals surface area (Å²) >= 11 is 0. The molecular formula is C16H12N4O. The third-order valence-corrected chi connectivity index (χ3v) is 3.68. The predicted octanol–water partition coefficient (Wildman–Crippen LogP) is 2.71. The molecule has 0 fully saturated rings. The maximum absolute atomic E-state index is 12.5. The van der Waals surface area contributed by atoms with Crippen LogP contribution in [0.5, 0.6) is 0 Å². The summed E-state index contributed by atoms with van der Waals surface area (Å²) in [5, 5.41) is 11.4. The highest BCUT2D eigenvalue weighted by Gasteiger charge is 2.25. The number of nitrogens with zero attached hydrogens (tertiary/aromatic N) is 3. The van der Waals surface area contributed by atoms with Crippen LogP contribution in [0.15, 0.2) is 48.5 Å². The van der Waals surface area contributed by atoms with Gasteiger partial charge in [0.1, 0.15) is 5.69 Å². The van der Waals surface area contributed by atoms with Crippen molar-refractivity contribution in [3.05, 3.63) is 54.1 Å². The van der Waals surface area contributed by atoms with E-state index in [0.717, 1.165) is 28.2 Å². The predicted molar refractivity (Wildman–Crippen MR) is 79.8 cm³/mol. The van der Waals surface area contributed by atoms with E-state index >= 15 is 0 Å². The SMILES string of the molecule is Cn1nnc2c1-c1ccccc1C(=O)Nc1ccccc1-2. The summed E-state index contributed by atoms with van der Waals surface area (Å²) in [7, 11) is 1.84. The molecule has 0 saturated carbocycles. The molecule has 3 aromatic rings. The maximum Gasteiger partial charge on any atom is 0.256 e. The molecule has 0 radical (unpaired) electrons. The van der Waals surface area contributed by atoms with Crippen LogP contribution < -0.4 is 5.32 Å². The number of benzene rings is 2. The summed E-state index contributed by atoms with van der Waals surface area (Å²) < 4.78 is 1.71. The zero-order chi connectivity index (χ0) is 14.4. The molecule has 5 heteroatoms. The number of para-hydroxylation sites is 1. The van der Waals surface area contributed by atoms with Crippen molar-refractivity contribution in [1.29, 1.82) is 0 Å². The maximum atomic E-state index is 12.5. The van der Waals surface area contributed by atoms with Crippen LogP contribution >= 0.6 is 0 Å².